The van der Waals surface area contributed by atoms with E-state index in [-0.39, 0.29) is 6.04 Å². The van der Waals surface area contributed by atoms with E-state index in [1.165, 1.54) is 5.56 Å². The predicted octanol–water partition coefficient (Wildman–Crippen LogP) is 1.95. The lowest BCUT2D eigenvalue weighted by atomic mass is 10.1. The van der Waals surface area contributed by atoms with E-state index in [1.54, 1.807) is 13.3 Å². The van der Waals surface area contributed by atoms with E-state index in [1.807, 2.05) is 30.3 Å². The Bertz CT molecular complexity index is 447. The Morgan fingerprint density at radius 1 is 1.17 bits per heavy atom. The monoisotopic (exact) mass is 243 g/mol. The van der Waals surface area contributed by atoms with Crippen LogP contribution in [0.25, 0.3) is 0 Å². The molecule has 1 unspecified atom stereocenters. The van der Waals surface area contributed by atoms with Crippen LogP contribution >= 0.6 is 0 Å². The Labute approximate surface area is 107 Å². The number of nitrogens with zero attached hydrogens (tertiary/aromatic N) is 2. The average molecular weight is 243 g/mol. The molecule has 0 saturated heterocycles. The Balaban J connectivity index is 1.99. The standard InChI is InChI=1S/C14H17N3O/c1-18-11-14(12-6-3-2-4-7-12)15-10-13-8-5-9-16-17-13/h2-9,14-15H,10-11H2,1H3. The molecule has 2 rings (SSSR count). The summed E-state index contributed by atoms with van der Waals surface area (Å²) in [5.74, 6) is 0. The number of aromatic nitrogens is 2. The molecule has 18 heavy (non-hydrogen) atoms. The van der Waals surface area contributed by atoms with Crippen LogP contribution in [-0.4, -0.2) is 23.9 Å². The van der Waals surface area contributed by atoms with E-state index in [2.05, 4.69) is 27.6 Å². The highest BCUT2D eigenvalue weighted by molar-refractivity contribution is 5.19. The van der Waals surface area contributed by atoms with Gasteiger partial charge in [-0.15, -0.1) is 0 Å². The van der Waals surface area contributed by atoms with Gasteiger partial charge in [0.2, 0.25) is 0 Å². The van der Waals surface area contributed by atoms with Crippen LogP contribution in [0.4, 0.5) is 0 Å². The van der Waals surface area contributed by atoms with Gasteiger partial charge >= 0.3 is 0 Å². The lowest BCUT2D eigenvalue weighted by Gasteiger charge is -2.18. The molecule has 1 atom stereocenters. The van der Waals surface area contributed by atoms with Crippen molar-refractivity contribution in [2.75, 3.05) is 13.7 Å². The number of hydrogen-bond donors (Lipinski definition) is 1. The van der Waals surface area contributed by atoms with Gasteiger partial charge < -0.3 is 10.1 Å². The number of rotatable bonds is 6. The number of ether oxygens (including phenoxy) is 1. The highest BCUT2D eigenvalue weighted by Gasteiger charge is 2.10. The molecule has 1 heterocycles. The first-order valence-electron chi connectivity index (χ1n) is 5.94. The minimum absolute atomic E-state index is 0.165. The van der Waals surface area contributed by atoms with Gasteiger partial charge in [-0.1, -0.05) is 30.3 Å². The van der Waals surface area contributed by atoms with Crippen LogP contribution in [0, 0.1) is 0 Å². The van der Waals surface area contributed by atoms with Gasteiger partial charge in [0, 0.05) is 19.9 Å². The summed E-state index contributed by atoms with van der Waals surface area (Å²) in [6.45, 7) is 1.31. The summed E-state index contributed by atoms with van der Waals surface area (Å²) in [7, 11) is 1.71. The van der Waals surface area contributed by atoms with Crippen molar-refractivity contribution in [2.45, 2.75) is 12.6 Å². The molecule has 0 spiro atoms. The van der Waals surface area contributed by atoms with Crippen LogP contribution in [0.2, 0.25) is 0 Å². The SMILES string of the molecule is COCC(NCc1cccnn1)c1ccccc1. The topological polar surface area (TPSA) is 47.0 Å². The minimum atomic E-state index is 0.165. The van der Waals surface area contributed by atoms with Gasteiger partial charge in [0.05, 0.1) is 18.3 Å². The van der Waals surface area contributed by atoms with Gasteiger partial charge in [0.15, 0.2) is 0 Å². The lowest BCUT2D eigenvalue weighted by Crippen LogP contribution is -2.25. The number of nitrogens with one attached hydrogen (secondary N) is 1. The highest BCUT2D eigenvalue weighted by atomic mass is 16.5. The van der Waals surface area contributed by atoms with Crippen molar-refractivity contribution in [2.24, 2.45) is 0 Å². The fourth-order valence-electron chi connectivity index (χ4n) is 1.78. The van der Waals surface area contributed by atoms with Crippen LogP contribution in [-0.2, 0) is 11.3 Å². The van der Waals surface area contributed by atoms with Crippen molar-refractivity contribution >= 4 is 0 Å². The van der Waals surface area contributed by atoms with Gasteiger partial charge in [-0.3, -0.25) is 0 Å². The second kappa shape index (κ2) is 6.83. The molecular formula is C14H17N3O. The number of methoxy groups -OCH3 is 1. The molecule has 0 aliphatic carbocycles. The maximum Gasteiger partial charge on any atom is 0.0769 e. The van der Waals surface area contributed by atoms with Crippen molar-refractivity contribution < 1.29 is 4.74 Å². The van der Waals surface area contributed by atoms with Crippen molar-refractivity contribution in [3.05, 3.63) is 59.9 Å². The molecule has 0 saturated carbocycles. The largest absolute Gasteiger partial charge is 0.383 e. The second-order valence-electron chi connectivity index (χ2n) is 4.01. The van der Waals surface area contributed by atoms with E-state index in [9.17, 15) is 0 Å². The summed E-state index contributed by atoms with van der Waals surface area (Å²) in [6, 6.07) is 14.3. The Hall–Kier alpha value is -1.78. The molecule has 0 bridgehead atoms. The molecular weight excluding hydrogens is 226 g/mol. The first-order valence-corrected chi connectivity index (χ1v) is 5.94. The smallest absolute Gasteiger partial charge is 0.0769 e. The summed E-state index contributed by atoms with van der Waals surface area (Å²) >= 11 is 0. The first kappa shape index (κ1) is 12.7. The Morgan fingerprint density at radius 3 is 2.67 bits per heavy atom. The fraction of sp³-hybridized carbons (Fsp3) is 0.286. The molecule has 0 fully saturated rings. The van der Waals surface area contributed by atoms with Gasteiger partial charge in [-0.2, -0.15) is 10.2 Å². The van der Waals surface area contributed by atoms with Crippen LogP contribution in [0.1, 0.15) is 17.3 Å². The maximum absolute atomic E-state index is 5.25. The second-order valence-corrected chi connectivity index (χ2v) is 4.01. The van der Waals surface area contributed by atoms with E-state index in [0.717, 1.165) is 5.69 Å². The van der Waals surface area contributed by atoms with E-state index < -0.39 is 0 Å². The summed E-state index contributed by atoms with van der Waals surface area (Å²) in [4.78, 5) is 0. The number of hydrogen-bond acceptors (Lipinski definition) is 4. The molecule has 0 radical (unpaired) electrons. The van der Waals surface area contributed by atoms with E-state index in [0.29, 0.717) is 13.2 Å². The summed E-state index contributed by atoms with van der Waals surface area (Å²) in [5.41, 5.74) is 2.14. The van der Waals surface area contributed by atoms with Crippen LogP contribution in [0.5, 0.6) is 0 Å². The zero-order valence-electron chi connectivity index (χ0n) is 10.4. The zero-order valence-corrected chi connectivity index (χ0v) is 10.4. The predicted molar refractivity (Wildman–Crippen MR) is 69.9 cm³/mol. The third-order valence-electron chi connectivity index (χ3n) is 2.69. The third-order valence-corrected chi connectivity index (χ3v) is 2.69. The first-order chi connectivity index (χ1) is 8.90. The quantitative estimate of drug-likeness (QED) is 0.842. The van der Waals surface area contributed by atoms with Gasteiger partial charge in [-0.25, -0.2) is 0 Å². The molecule has 1 aromatic heterocycles. The Morgan fingerprint density at radius 2 is 2.00 bits per heavy atom. The zero-order chi connectivity index (χ0) is 12.6. The number of benzene rings is 1. The molecule has 0 aliphatic heterocycles. The lowest BCUT2D eigenvalue weighted by molar-refractivity contribution is 0.166. The molecule has 1 aromatic carbocycles. The summed E-state index contributed by atoms with van der Waals surface area (Å²) < 4.78 is 5.25. The van der Waals surface area contributed by atoms with Crippen LogP contribution in [0.3, 0.4) is 0 Å². The molecule has 1 N–H and O–H groups in total. The van der Waals surface area contributed by atoms with Crippen molar-refractivity contribution in [3.63, 3.8) is 0 Å². The van der Waals surface area contributed by atoms with Gasteiger partial charge in [0.1, 0.15) is 0 Å². The minimum Gasteiger partial charge on any atom is -0.383 e. The summed E-state index contributed by atoms with van der Waals surface area (Å²) in [5, 5.41) is 11.3. The van der Waals surface area contributed by atoms with Crippen molar-refractivity contribution in [3.8, 4) is 0 Å². The van der Waals surface area contributed by atoms with Gasteiger partial charge in [0.25, 0.3) is 0 Å². The van der Waals surface area contributed by atoms with Gasteiger partial charge in [-0.05, 0) is 17.7 Å². The normalized spacial score (nSPS) is 12.3. The average Bonchev–Trinajstić information content (AvgIpc) is 2.45. The van der Waals surface area contributed by atoms with Crippen LogP contribution < -0.4 is 5.32 Å². The highest BCUT2D eigenvalue weighted by Crippen LogP contribution is 2.13. The third kappa shape index (κ3) is 3.61. The van der Waals surface area contributed by atoms with Crippen LogP contribution in [0.15, 0.2) is 48.7 Å². The summed E-state index contributed by atoms with van der Waals surface area (Å²) in [6.07, 6.45) is 1.67. The molecule has 4 nitrogen and oxygen atoms in total. The molecule has 4 heteroatoms. The molecule has 0 aliphatic rings. The molecule has 2 aromatic rings. The van der Waals surface area contributed by atoms with E-state index >= 15 is 0 Å². The Kier molecular flexibility index (Phi) is 4.81. The fourth-order valence-corrected chi connectivity index (χ4v) is 1.78. The van der Waals surface area contributed by atoms with E-state index in [4.69, 9.17) is 4.74 Å². The molecule has 0 amide bonds. The maximum atomic E-state index is 5.25. The molecule has 94 valence electrons. The van der Waals surface area contributed by atoms with Crippen molar-refractivity contribution in [1.82, 2.24) is 15.5 Å². The van der Waals surface area contributed by atoms with Crippen molar-refractivity contribution in [1.29, 1.82) is 0 Å².